The average Bonchev–Trinajstić information content (AvgIpc) is 2.78. The summed E-state index contributed by atoms with van der Waals surface area (Å²) in [6.45, 7) is 3.95. The number of nitrogen functional groups attached to an aromatic ring is 1. The van der Waals surface area contributed by atoms with Gasteiger partial charge in [0.05, 0.1) is 18.5 Å². The molecule has 3 aliphatic rings. The van der Waals surface area contributed by atoms with Crippen LogP contribution < -0.4 is 5.73 Å². The lowest BCUT2D eigenvalue weighted by Gasteiger charge is -2.24. The summed E-state index contributed by atoms with van der Waals surface area (Å²) >= 11 is 8.48. The van der Waals surface area contributed by atoms with E-state index in [9.17, 15) is 0 Å². The van der Waals surface area contributed by atoms with Crippen LogP contribution in [0.15, 0.2) is 6.33 Å². The minimum atomic E-state index is -0.567. The molecule has 2 N–H and O–H groups in total. The van der Waals surface area contributed by atoms with Crippen LogP contribution >= 0.6 is 34.2 Å². The molecule has 0 bridgehead atoms. The highest BCUT2D eigenvalue weighted by Gasteiger charge is 2.75. The van der Waals surface area contributed by atoms with Crippen molar-refractivity contribution >= 4 is 51.2 Å². The monoisotopic (exact) mass is 461 g/mol. The summed E-state index contributed by atoms with van der Waals surface area (Å²) in [7, 11) is 0. The number of halogens is 2. The number of hydrogen-bond donors (Lipinski definition) is 1. The minimum Gasteiger partial charge on any atom is -0.382 e. The van der Waals surface area contributed by atoms with Crippen LogP contribution in [-0.4, -0.2) is 41.9 Å². The molecule has 128 valence electrons. The highest BCUT2D eigenvalue weighted by Crippen LogP contribution is 2.72. The van der Waals surface area contributed by atoms with Crippen LogP contribution in [0.25, 0.3) is 11.2 Å². The topological polar surface area (TPSA) is 88.1 Å². The Labute approximate surface area is 157 Å². The Kier molecular flexibility index (Phi) is 3.05. The number of ether oxygens (including phenoxy) is 2. The van der Waals surface area contributed by atoms with E-state index in [0.29, 0.717) is 22.9 Å². The van der Waals surface area contributed by atoms with Crippen molar-refractivity contribution in [1.82, 2.24) is 19.5 Å². The third kappa shape index (κ3) is 1.88. The third-order valence-electron chi connectivity index (χ3n) is 5.61. The van der Waals surface area contributed by atoms with Crippen LogP contribution in [0.2, 0.25) is 5.28 Å². The van der Waals surface area contributed by atoms with E-state index >= 15 is 0 Å². The summed E-state index contributed by atoms with van der Waals surface area (Å²) in [4.78, 5) is 12.8. The summed E-state index contributed by atoms with van der Waals surface area (Å²) in [6, 6.07) is 0.127. The highest BCUT2D eigenvalue weighted by molar-refractivity contribution is 14.1. The Hall–Kier alpha value is -0.710. The fourth-order valence-corrected chi connectivity index (χ4v) is 6.04. The summed E-state index contributed by atoms with van der Waals surface area (Å²) in [5, 5.41) is 0.135. The standard InChI is InChI=1S/C15H17ClIN5O2/c1-14(2)23-9-8(6-3-15(6,4-17)10(9)24-14)22-5-19-7-11(18)20-13(16)21-12(7)22/h5-6,8-10H,3-4H2,1-2H3,(H2,18,20,21)/t6-,8-,9+,10+,15-/m1/s1. The zero-order valence-corrected chi connectivity index (χ0v) is 16.2. The number of imidazole rings is 1. The second-order valence-electron chi connectivity index (χ2n) is 7.39. The summed E-state index contributed by atoms with van der Waals surface area (Å²) in [5.41, 5.74) is 7.38. The van der Waals surface area contributed by atoms with Gasteiger partial charge in [0.1, 0.15) is 11.6 Å². The van der Waals surface area contributed by atoms with Crippen molar-refractivity contribution < 1.29 is 9.47 Å². The molecule has 1 saturated heterocycles. The van der Waals surface area contributed by atoms with Crippen molar-refractivity contribution in [2.45, 2.75) is 44.3 Å². The minimum absolute atomic E-state index is 0.0131. The zero-order valence-electron chi connectivity index (χ0n) is 13.2. The maximum Gasteiger partial charge on any atom is 0.226 e. The zero-order chi connectivity index (χ0) is 16.9. The second-order valence-corrected chi connectivity index (χ2v) is 8.49. The lowest BCUT2D eigenvalue weighted by atomic mass is 10.0. The maximum atomic E-state index is 6.26. The molecule has 0 radical (unpaired) electrons. The number of rotatable bonds is 2. The Morgan fingerprint density at radius 3 is 2.96 bits per heavy atom. The smallest absolute Gasteiger partial charge is 0.226 e. The summed E-state index contributed by atoms with van der Waals surface area (Å²) < 4.78 is 15.6. The van der Waals surface area contributed by atoms with E-state index in [1.54, 1.807) is 6.33 Å². The van der Waals surface area contributed by atoms with Crippen LogP contribution in [0, 0.1) is 11.3 Å². The number of nitrogens with zero attached hydrogens (tertiary/aromatic N) is 4. The van der Waals surface area contributed by atoms with Gasteiger partial charge < -0.3 is 19.8 Å². The number of alkyl halides is 1. The fourth-order valence-electron chi connectivity index (χ4n) is 4.56. The van der Waals surface area contributed by atoms with Crippen LogP contribution in [-0.2, 0) is 9.47 Å². The molecule has 3 fully saturated rings. The first-order chi connectivity index (χ1) is 11.4. The molecule has 2 saturated carbocycles. The largest absolute Gasteiger partial charge is 0.382 e. The van der Waals surface area contributed by atoms with Crippen molar-refractivity contribution in [3.63, 3.8) is 0 Å². The molecule has 1 aliphatic heterocycles. The van der Waals surface area contributed by atoms with Crippen molar-refractivity contribution in [2.24, 2.45) is 11.3 Å². The van der Waals surface area contributed by atoms with Gasteiger partial charge in [0.2, 0.25) is 5.28 Å². The number of nitrogens with two attached hydrogens (primary N) is 1. The molecule has 5 rings (SSSR count). The molecule has 24 heavy (non-hydrogen) atoms. The van der Waals surface area contributed by atoms with Crippen molar-refractivity contribution in [1.29, 1.82) is 0 Å². The first-order valence-electron chi connectivity index (χ1n) is 7.93. The van der Waals surface area contributed by atoms with Gasteiger partial charge in [0.15, 0.2) is 17.3 Å². The molecule has 5 atom stereocenters. The molecule has 7 nitrogen and oxygen atoms in total. The van der Waals surface area contributed by atoms with Gasteiger partial charge in [-0.3, -0.25) is 0 Å². The van der Waals surface area contributed by atoms with E-state index in [0.717, 1.165) is 10.8 Å². The van der Waals surface area contributed by atoms with E-state index in [4.69, 9.17) is 26.8 Å². The van der Waals surface area contributed by atoms with Crippen LogP contribution in [0.5, 0.6) is 0 Å². The van der Waals surface area contributed by atoms with Crippen LogP contribution in [0.4, 0.5) is 5.82 Å². The van der Waals surface area contributed by atoms with E-state index < -0.39 is 5.79 Å². The molecule has 2 aromatic rings. The van der Waals surface area contributed by atoms with E-state index in [1.165, 1.54) is 0 Å². The van der Waals surface area contributed by atoms with Gasteiger partial charge in [-0.25, -0.2) is 4.98 Å². The number of anilines is 1. The summed E-state index contributed by atoms with van der Waals surface area (Å²) in [6.07, 6.45) is 3.01. The van der Waals surface area contributed by atoms with Crippen molar-refractivity contribution in [3.05, 3.63) is 11.6 Å². The number of fused-ring (bicyclic) bond motifs is 4. The first-order valence-corrected chi connectivity index (χ1v) is 9.84. The van der Waals surface area contributed by atoms with E-state index in [1.807, 2.05) is 13.8 Å². The maximum absolute atomic E-state index is 6.26. The first kappa shape index (κ1) is 15.5. The molecule has 9 heteroatoms. The van der Waals surface area contributed by atoms with Gasteiger partial charge in [-0.15, -0.1) is 0 Å². The Bertz CT molecular complexity index is 858. The Balaban J connectivity index is 1.65. The SMILES string of the molecule is CC1(C)O[C@H]2[C@H](n3cnc4c(N)nc(Cl)nc43)[C@H]3C[C@]3(CI)[C@H]2O1. The molecule has 0 spiro atoms. The molecule has 0 amide bonds. The van der Waals surface area contributed by atoms with Crippen LogP contribution in [0.1, 0.15) is 26.3 Å². The van der Waals surface area contributed by atoms with Gasteiger partial charge in [-0.2, -0.15) is 9.97 Å². The Morgan fingerprint density at radius 1 is 1.42 bits per heavy atom. The molecule has 3 heterocycles. The predicted molar refractivity (Wildman–Crippen MR) is 97.0 cm³/mol. The number of aromatic nitrogens is 4. The Morgan fingerprint density at radius 2 is 2.21 bits per heavy atom. The van der Waals surface area contributed by atoms with Gasteiger partial charge in [0.25, 0.3) is 0 Å². The lowest BCUT2D eigenvalue weighted by Crippen LogP contribution is -2.32. The third-order valence-corrected chi connectivity index (χ3v) is 7.20. The van der Waals surface area contributed by atoms with E-state index in [-0.39, 0.29) is 28.9 Å². The molecule has 2 aromatic heterocycles. The van der Waals surface area contributed by atoms with Crippen molar-refractivity contribution in [2.75, 3.05) is 10.2 Å². The molecular weight excluding hydrogens is 445 g/mol. The average molecular weight is 462 g/mol. The second kappa shape index (κ2) is 4.72. The molecular formula is C15H17ClIN5O2. The normalized spacial score (nSPS) is 39.2. The van der Waals surface area contributed by atoms with Crippen molar-refractivity contribution in [3.8, 4) is 0 Å². The fraction of sp³-hybridized carbons (Fsp3) is 0.667. The molecule has 0 aromatic carbocycles. The van der Waals surface area contributed by atoms with Gasteiger partial charge in [0, 0.05) is 9.84 Å². The predicted octanol–water partition coefficient (Wildman–Crippen LogP) is 2.58. The lowest BCUT2D eigenvalue weighted by molar-refractivity contribution is -0.160. The van der Waals surface area contributed by atoms with E-state index in [2.05, 4.69) is 42.1 Å². The summed E-state index contributed by atoms with van der Waals surface area (Å²) in [5.74, 6) is 0.230. The van der Waals surface area contributed by atoms with Gasteiger partial charge >= 0.3 is 0 Å². The van der Waals surface area contributed by atoms with Crippen LogP contribution in [0.3, 0.4) is 0 Å². The molecule has 2 aliphatic carbocycles. The van der Waals surface area contributed by atoms with Gasteiger partial charge in [-0.1, -0.05) is 22.6 Å². The quantitative estimate of drug-likeness (QED) is 0.420. The number of hydrogen-bond acceptors (Lipinski definition) is 6. The highest BCUT2D eigenvalue weighted by atomic mass is 127. The molecule has 0 unspecified atom stereocenters. The van der Waals surface area contributed by atoms with Gasteiger partial charge in [-0.05, 0) is 37.8 Å².